The van der Waals surface area contributed by atoms with Crippen LogP contribution in [-0.2, 0) is 54.8 Å². The summed E-state index contributed by atoms with van der Waals surface area (Å²) in [6, 6.07) is 40.1. The zero-order valence-corrected chi connectivity index (χ0v) is 25.0. The van der Waals surface area contributed by atoms with Crippen LogP contribution in [-0.4, -0.2) is 55.6 Å². The maximum Gasteiger partial charge on any atom is 0.186 e. The van der Waals surface area contributed by atoms with Gasteiger partial charge >= 0.3 is 0 Å². The Morgan fingerprint density at radius 2 is 0.932 bits per heavy atom. The number of hydrogen-bond acceptors (Lipinski definition) is 7. The van der Waals surface area contributed by atoms with Crippen molar-refractivity contribution in [2.24, 2.45) is 0 Å². The maximum atomic E-state index is 9.46. The molecule has 4 aromatic carbocycles. The van der Waals surface area contributed by atoms with Crippen molar-refractivity contribution >= 4 is 0 Å². The molecular formula is C37H42O7. The van der Waals surface area contributed by atoms with Crippen LogP contribution in [0.25, 0.3) is 0 Å². The van der Waals surface area contributed by atoms with E-state index in [0.717, 1.165) is 22.3 Å². The van der Waals surface area contributed by atoms with Crippen LogP contribution in [0.1, 0.15) is 28.7 Å². The van der Waals surface area contributed by atoms with Crippen LogP contribution in [0.5, 0.6) is 0 Å². The van der Waals surface area contributed by atoms with Gasteiger partial charge in [-0.25, -0.2) is 0 Å². The monoisotopic (exact) mass is 598 g/mol. The van der Waals surface area contributed by atoms with Crippen LogP contribution in [0.4, 0.5) is 0 Å². The second-order valence-electron chi connectivity index (χ2n) is 10.8. The van der Waals surface area contributed by atoms with Crippen LogP contribution >= 0.6 is 0 Å². The van der Waals surface area contributed by atoms with Gasteiger partial charge in [-0.2, -0.15) is 0 Å². The van der Waals surface area contributed by atoms with E-state index < -0.39 is 30.7 Å². The predicted octanol–water partition coefficient (Wildman–Crippen LogP) is 6.08. The molecule has 0 aliphatic carbocycles. The highest BCUT2D eigenvalue weighted by molar-refractivity contribution is 5.16. The van der Waals surface area contributed by atoms with Crippen LogP contribution in [0.2, 0.25) is 0 Å². The van der Waals surface area contributed by atoms with Gasteiger partial charge in [0.1, 0.15) is 24.4 Å². The average Bonchev–Trinajstić information content (AvgIpc) is 3.08. The smallest absolute Gasteiger partial charge is 0.186 e. The molecule has 44 heavy (non-hydrogen) atoms. The van der Waals surface area contributed by atoms with E-state index in [-0.39, 0.29) is 13.2 Å². The summed E-state index contributed by atoms with van der Waals surface area (Å²) < 4.78 is 38.9. The molecule has 0 amide bonds. The Balaban J connectivity index is 1.41. The molecular weight excluding hydrogens is 556 g/mol. The SMILES string of the molecule is OCCCO[C@@H]1OC(COCc2ccccc2)[C@@H](OCc2ccccc2)[C@H](OCc2ccccc2)C1OCc1ccccc1. The molecule has 7 nitrogen and oxygen atoms in total. The zero-order chi connectivity index (χ0) is 30.2. The fourth-order valence-electron chi connectivity index (χ4n) is 5.15. The van der Waals surface area contributed by atoms with E-state index in [1.54, 1.807) is 0 Å². The standard InChI is InChI=1S/C37H42O7/c38-22-13-23-40-37-36(43-27-32-20-11-4-12-21-32)35(42-26-31-18-9-3-10-19-31)34(41-25-30-16-7-2-8-17-30)33(44-37)28-39-24-29-14-5-1-6-15-29/h1-12,14-21,33-38H,13,22-28H2/t33?,34-,35+,36?,37-/m1/s1. The van der Waals surface area contributed by atoms with Gasteiger partial charge in [0.15, 0.2) is 6.29 Å². The van der Waals surface area contributed by atoms with Gasteiger partial charge in [0.05, 0.1) is 39.6 Å². The minimum absolute atomic E-state index is 0.0165. The van der Waals surface area contributed by atoms with Crippen molar-refractivity contribution in [2.45, 2.75) is 63.6 Å². The Kier molecular flexibility index (Phi) is 12.9. The molecule has 7 heteroatoms. The Hall–Kier alpha value is -3.40. The summed E-state index contributed by atoms with van der Waals surface area (Å²) in [6.07, 6.45) is -2.45. The molecule has 0 radical (unpaired) electrons. The Labute approximate surface area is 260 Å². The van der Waals surface area contributed by atoms with E-state index in [1.807, 2.05) is 121 Å². The Morgan fingerprint density at radius 3 is 1.41 bits per heavy atom. The number of benzene rings is 4. The average molecular weight is 599 g/mol. The van der Waals surface area contributed by atoms with E-state index in [2.05, 4.69) is 0 Å². The molecule has 0 bridgehead atoms. The summed E-state index contributed by atoms with van der Waals surface area (Å²) in [5, 5.41) is 9.46. The summed E-state index contributed by atoms with van der Waals surface area (Å²) in [7, 11) is 0. The van der Waals surface area contributed by atoms with Gasteiger partial charge in [-0.3, -0.25) is 0 Å². The number of rotatable bonds is 17. The lowest BCUT2D eigenvalue weighted by Gasteiger charge is -2.46. The molecule has 5 atom stereocenters. The second kappa shape index (κ2) is 17.8. The van der Waals surface area contributed by atoms with E-state index in [4.69, 9.17) is 28.4 Å². The number of hydrogen-bond donors (Lipinski definition) is 1. The molecule has 0 aromatic heterocycles. The van der Waals surface area contributed by atoms with Gasteiger partial charge in [0, 0.05) is 6.61 Å². The quantitative estimate of drug-likeness (QED) is 0.148. The maximum absolute atomic E-state index is 9.46. The van der Waals surface area contributed by atoms with Crippen LogP contribution < -0.4 is 0 Å². The van der Waals surface area contributed by atoms with Gasteiger partial charge < -0.3 is 33.5 Å². The summed E-state index contributed by atoms with van der Waals surface area (Å²) in [5.74, 6) is 0. The highest BCUT2D eigenvalue weighted by Crippen LogP contribution is 2.31. The van der Waals surface area contributed by atoms with Gasteiger partial charge in [-0.05, 0) is 28.7 Å². The molecule has 5 rings (SSSR count). The molecule has 2 unspecified atom stereocenters. The summed E-state index contributed by atoms with van der Waals surface area (Å²) in [5.41, 5.74) is 4.18. The third-order valence-electron chi connectivity index (χ3n) is 7.43. The Bertz CT molecular complexity index is 1310. The van der Waals surface area contributed by atoms with Crippen LogP contribution in [0, 0.1) is 0 Å². The summed E-state index contributed by atoms with van der Waals surface area (Å²) in [4.78, 5) is 0. The van der Waals surface area contributed by atoms with Crippen molar-refractivity contribution in [3.63, 3.8) is 0 Å². The number of aliphatic hydroxyl groups is 1. The first kappa shape index (κ1) is 32.0. The first-order valence-corrected chi connectivity index (χ1v) is 15.3. The molecule has 1 N–H and O–H groups in total. The van der Waals surface area contributed by atoms with E-state index in [1.165, 1.54) is 0 Å². The van der Waals surface area contributed by atoms with Gasteiger partial charge in [0.25, 0.3) is 0 Å². The fourth-order valence-corrected chi connectivity index (χ4v) is 5.15. The molecule has 1 aliphatic rings. The lowest BCUT2D eigenvalue weighted by atomic mass is 9.97. The molecule has 1 heterocycles. The minimum Gasteiger partial charge on any atom is -0.396 e. The van der Waals surface area contributed by atoms with E-state index >= 15 is 0 Å². The largest absolute Gasteiger partial charge is 0.396 e. The summed E-state index contributed by atoms with van der Waals surface area (Å²) in [6.45, 7) is 2.12. The number of ether oxygens (including phenoxy) is 6. The zero-order valence-electron chi connectivity index (χ0n) is 25.0. The topological polar surface area (TPSA) is 75.6 Å². The predicted molar refractivity (Wildman–Crippen MR) is 167 cm³/mol. The molecule has 1 aliphatic heterocycles. The minimum atomic E-state index is -0.757. The molecule has 0 saturated carbocycles. The van der Waals surface area contributed by atoms with Crippen molar-refractivity contribution in [3.8, 4) is 0 Å². The lowest BCUT2D eigenvalue weighted by Crippen LogP contribution is -2.61. The molecule has 1 fully saturated rings. The normalized spacial score (nSPS) is 21.7. The van der Waals surface area contributed by atoms with Gasteiger partial charge in [0.2, 0.25) is 0 Å². The van der Waals surface area contributed by atoms with Crippen LogP contribution in [0.3, 0.4) is 0 Å². The highest BCUT2D eigenvalue weighted by Gasteiger charge is 2.49. The van der Waals surface area contributed by atoms with Crippen LogP contribution in [0.15, 0.2) is 121 Å². The lowest BCUT2D eigenvalue weighted by molar-refractivity contribution is -0.328. The third-order valence-corrected chi connectivity index (χ3v) is 7.43. The van der Waals surface area contributed by atoms with Crippen molar-refractivity contribution < 1.29 is 33.5 Å². The molecule has 1 saturated heterocycles. The number of aliphatic hydroxyl groups excluding tert-OH is 1. The van der Waals surface area contributed by atoms with E-state index in [9.17, 15) is 5.11 Å². The second-order valence-corrected chi connectivity index (χ2v) is 10.8. The van der Waals surface area contributed by atoms with Gasteiger partial charge in [-0.15, -0.1) is 0 Å². The molecule has 232 valence electrons. The van der Waals surface area contributed by atoms with Crippen molar-refractivity contribution in [3.05, 3.63) is 144 Å². The first-order chi connectivity index (χ1) is 21.8. The fraction of sp³-hybridized carbons (Fsp3) is 0.351. The highest BCUT2D eigenvalue weighted by atomic mass is 16.7. The summed E-state index contributed by atoms with van der Waals surface area (Å²) >= 11 is 0. The van der Waals surface area contributed by atoms with Crippen molar-refractivity contribution in [2.75, 3.05) is 19.8 Å². The van der Waals surface area contributed by atoms with Gasteiger partial charge in [-0.1, -0.05) is 121 Å². The molecule has 4 aromatic rings. The molecule has 0 spiro atoms. The first-order valence-electron chi connectivity index (χ1n) is 15.3. The Morgan fingerprint density at radius 1 is 0.500 bits per heavy atom. The van der Waals surface area contributed by atoms with Crippen molar-refractivity contribution in [1.82, 2.24) is 0 Å². The van der Waals surface area contributed by atoms with E-state index in [0.29, 0.717) is 39.5 Å². The third kappa shape index (κ3) is 9.81. The van der Waals surface area contributed by atoms with Crippen molar-refractivity contribution in [1.29, 1.82) is 0 Å².